The van der Waals surface area contributed by atoms with Gasteiger partial charge in [0, 0.05) is 33.2 Å². The van der Waals surface area contributed by atoms with Gasteiger partial charge in [-0.1, -0.05) is 172 Å². The van der Waals surface area contributed by atoms with Crippen molar-refractivity contribution in [1.82, 2.24) is 4.57 Å². The molecule has 0 saturated carbocycles. The van der Waals surface area contributed by atoms with Gasteiger partial charge in [0.1, 0.15) is 0 Å². The summed E-state index contributed by atoms with van der Waals surface area (Å²) in [6.45, 7) is 4.73. The molecule has 2 aliphatic carbocycles. The quantitative estimate of drug-likeness (QED) is 0.173. The summed E-state index contributed by atoms with van der Waals surface area (Å²) in [7, 11) is 0. The van der Waals surface area contributed by atoms with E-state index in [0.717, 1.165) is 17.1 Å². The number of fused-ring (bicyclic) bond motifs is 15. The molecule has 0 N–H and O–H groups in total. The first-order chi connectivity index (χ1) is 29.5. The maximum atomic E-state index is 2.54. The van der Waals surface area contributed by atoms with E-state index in [1.165, 1.54) is 94.3 Å². The van der Waals surface area contributed by atoms with Gasteiger partial charge in [-0.05, 0) is 115 Å². The molecule has 0 saturated heterocycles. The first-order valence-corrected chi connectivity index (χ1v) is 21.1. The van der Waals surface area contributed by atoms with Gasteiger partial charge < -0.3 is 9.47 Å². The second-order valence-electron chi connectivity index (χ2n) is 17.2. The molecule has 0 atom stereocenters. The molecule has 1 aliphatic heterocycles. The Morgan fingerprint density at radius 2 is 0.900 bits per heavy atom. The van der Waals surface area contributed by atoms with E-state index in [-0.39, 0.29) is 5.41 Å². The topological polar surface area (TPSA) is 8.17 Å². The van der Waals surface area contributed by atoms with Crippen LogP contribution >= 0.6 is 0 Å². The van der Waals surface area contributed by atoms with Crippen LogP contribution in [-0.2, 0) is 10.8 Å². The smallest absolute Gasteiger partial charge is 0.0754 e. The zero-order valence-corrected chi connectivity index (χ0v) is 33.5. The highest BCUT2D eigenvalue weighted by molar-refractivity contribution is 6.14. The number of hydrogen-bond donors (Lipinski definition) is 0. The molecule has 3 aliphatic rings. The van der Waals surface area contributed by atoms with E-state index < -0.39 is 5.41 Å². The van der Waals surface area contributed by atoms with Crippen molar-refractivity contribution in [1.29, 1.82) is 0 Å². The number of benzene rings is 9. The molecule has 60 heavy (non-hydrogen) atoms. The number of anilines is 3. The lowest BCUT2D eigenvalue weighted by atomic mass is 9.65. The van der Waals surface area contributed by atoms with Crippen molar-refractivity contribution in [3.8, 4) is 39.1 Å². The number of rotatable bonds is 4. The second-order valence-corrected chi connectivity index (χ2v) is 17.2. The van der Waals surface area contributed by atoms with Crippen LogP contribution in [0.1, 0.15) is 47.2 Å². The molecule has 0 bridgehead atoms. The van der Waals surface area contributed by atoms with E-state index in [0.29, 0.717) is 0 Å². The predicted octanol–water partition coefficient (Wildman–Crippen LogP) is 14.9. The number of nitrogens with zero attached hydrogens (tertiary/aromatic N) is 2. The molecular weight excluding hydrogens is 725 g/mol. The van der Waals surface area contributed by atoms with E-state index in [1.807, 2.05) is 0 Å². The minimum absolute atomic E-state index is 0.116. The Morgan fingerprint density at radius 1 is 0.367 bits per heavy atom. The molecule has 1 spiro atoms. The van der Waals surface area contributed by atoms with Gasteiger partial charge in [-0.25, -0.2) is 0 Å². The third-order valence-corrected chi connectivity index (χ3v) is 14.0. The normalized spacial score (nSPS) is 14.4. The standard InChI is InChI=1S/C58H40N2/c1-57(2)48-21-9-6-17-42(48)45-33-31-41(36-53(45)57)59(39-29-27-38(28-30-39)37-15-4-3-5-16-37)40-32-34-54-47(35-40)46-20-14-25-52-56(46)60(54)55-26-13-12-24-51(55)58(52)49-22-10-7-18-43(49)44-19-8-11-23-50(44)58/h3-36H,1-2H3. The highest BCUT2D eigenvalue weighted by Crippen LogP contribution is 2.61. The van der Waals surface area contributed by atoms with Crippen LogP contribution in [-0.4, -0.2) is 4.57 Å². The van der Waals surface area contributed by atoms with Crippen LogP contribution < -0.4 is 4.90 Å². The fourth-order valence-electron chi connectivity index (χ4n) is 11.4. The van der Waals surface area contributed by atoms with Crippen LogP contribution in [0.3, 0.4) is 0 Å². The number of aromatic nitrogens is 1. The van der Waals surface area contributed by atoms with Crippen molar-refractivity contribution < 1.29 is 0 Å². The molecule has 282 valence electrons. The van der Waals surface area contributed by atoms with Crippen LogP contribution in [0.15, 0.2) is 206 Å². The molecular formula is C58H40N2. The largest absolute Gasteiger partial charge is 0.310 e. The Morgan fingerprint density at radius 3 is 1.63 bits per heavy atom. The highest BCUT2D eigenvalue weighted by atomic mass is 15.1. The molecule has 0 radical (unpaired) electrons. The summed E-state index contributed by atoms with van der Waals surface area (Å²) in [5.74, 6) is 0. The van der Waals surface area contributed by atoms with E-state index in [9.17, 15) is 0 Å². The Balaban J connectivity index is 1.06. The molecule has 13 rings (SSSR count). The lowest BCUT2D eigenvalue weighted by Crippen LogP contribution is -2.33. The fourth-order valence-corrected chi connectivity index (χ4v) is 11.4. The monoisotopic (exact) mass is 764 g/mol. The molecule has 0 unspecified atom stereocenters. The molecule has 2 nitrogen and oxygen atoms in total. The van der Waals surface area contributed by atoms with Crippen LogP contribution in [0.5, 0.6) is 0 Å². The lowest BCUT2D eigenvalue weighted by molar-refractivity contribution is 0.660. The Hall–Kier alpha value is -7.42. The van der Waals surface area contributed by atoms with Gasteiger partial charge in [0.25, 0.3) is 0 Å². The fraction of sp³-hybridized carbons (Fsp3) is 0.0690. The highest BCUT2D eigenvalue weighted by Gasteiger charge is 2.50. The van der Waals surface area contributed by atoms with Crippen molar-refractivity contribution in [2.45, 2.75) is 24.7 Å². The number of para-hydroxylation sites is 2. The maximum absolute atomic E-state index is 2.54. The van der Waals surface area contributed by atoms with E-state index in [4.69, 9.17) is 0 Å². The zero-order valence-electron chi connectivity index (χ0n) is 33.5. The lowest BCUT2D eigenvalue weighted by Gasteiger charge is -2.39. The van der Waals surface area contributed by atoms with E-state index in [1.54, 1.807) is 0 Å². The molecule has 2 heterocycles. The summed E-state index contributed by atoms with van der Waals surface area (Å²) in [4.78, 5) is 2.46. The molecule has 0 amide bonds. The summed E-state index contributed by atoms with van der Waals surface area (Å²) in [5, 5.41) is 2.51. The molecule has 0 fully saturated rings. The first-order valence-electron chi connectivity index (χ1n) is 21.1. The van der Waals surface area contributed by atoms with Gasteiger partial charge in [0.15, 0.2) is 0 Å². The summed E-state index contributed by atoms with van der Waals surface area (Å²) in [6, 6.07) is 77.1. The van der Waals surface area contributed by atoms with Crippen molar-refractivity contribution in [3.63, 3.8) is 0 Å². The average molecular weight is 765 g/mol. The van der Waals surface area contributed by atoms with Crippen molar-refractivity contribution in [2.75, 3.05) is 4.90 Å². The average Bonchev–Trinajstić information content (AvgIpc) is 3.88. The maximum Gasteiger partial charge on any atom is 0.0754 e. The predicted molar refractivity (Wildman–Crippen MR) is 249 cm³/mol. The van der Waals surface area contributed by atoms with Gasteiger partial charge in [-0.15, -0.1) is 0 Å². The third-order valence-electron chi connectivity index (χ3n) is 14.0. The van der Waals surface area contributed by atoms with E-state index in [2.05, 4.69) is 230 Å². The van der Waals surface area contributed by atoms with E-state index >= 15 is 0 Å². The summed E-state index contributed by atoms with van der Waals surface area (Å²) in [6.07, 6.45) is 0. The van der Waals surface area contributed by atoms with Crippen LogP contribution in [0.4, 0.5) is 17.1 Å². The van der Waals surface area contributed by atoms with Crippen LogP contribution in [0.25, 0.3) is 60.9 Å². The second kappa shape index (κ2) is 12.1. The summed E-state index contributed by atoms with van der Waals surface area (Å²) < 4.78 is 2.54. The molecule has 2 heteroatoms. The van der Waals surface area contributed by atoms with Crippen molar-refractivity contribution in [3.05, 3.63) is 240 Å². The Labute approximate surface area is 350 Å². The van der Waals surface area contributed by atoms with Gasteiger partial charge in [-0.3, -0.25) is 0 Å². The minimum Gasteiger partial charge on any atom is -0.310 e. The number of hydrogen-bond acceptors (Lipinski definition) is 1. The SMILES string of the molecule is CC1(C)c2ccccc2-c2ccc(N(c3ccc(-c4ccccc4)cc3)c3ccc4c(c3)c3cccc5c3n4-c3ccccc3C53c4ccccc4-c4ccccc43)cc21. The van der Waals surface area contributed by atoms with Crippen molar-refractivity contribution in [2.24, 2.45) is 0 Å². The third kappa shape index (κ3) is 4.27. The van der Waals surface area contributed by atoms with Crippen molar-refractivity contribution >= 4 is 38.9 Å². The summed E-state index contributed by atoms with van der Waals surface area (Å²) >= 11 is 0. The first kappa shape index (κ1) is 33.5. The zero-order chi connectivity index (χ0) is 39.7. The van der Waals surface area contributed by atoms with Gasteiger partial charge in [0.05, 0.1) is 22.1 Å². The molecule has 1 aromatic heterocycles. The molecule has 9 aromatic carbocycles. The Kier molecular flexibility index (Phi) is 6.74. The molecule has 10 aromatic rings. The Bertz CT molecular complexity index is 3360. The summed E-state index contributed by atoms with van der Waals surface area (Å²) in [5.41, 5.74) is 22.4. The van der Waals surface area contributed by atoms with Gasteiger partial charge in [0.2, 0.25) is 0 Å². The van der Waals surface area contributed by atoms with Crippen LogP contribution in [0.2, 0.25) is 0 Å². The van der Waals surface area contributed by atoms with Gasteiger partial charge in [-0.2, -0.15) is 0 Å². The van der Waals surface area contributed by atoms with Gasteiger partial charge >= 0.3 is 0 Å². The minimum atomic E-state index is -0.433. The van der Waals surface area contributed by atoms with Crippen LogP contribution in [0, 0.1) is 0 Å².